The van der Waals surface area contributed by atoms with E-state index >= 15 is 0 Å². The van der Waals surface area contributed by atoms with Gasteiger partial charge in [0.15, 0.2) is 0 Å². The lowest BCUT2D eigenvalue weighted by Gasteiger charge is -2.16. The standard InChI is InChI=1S/C18H21N3O2S/c1-13-5-6-16(24-13)7-9-20-18(23)14-10-17(22)21(11-14)12-15-4-2-3-8-19-15/h2-6,8,14H,7,9-12H2,1H3,(H,20,23). The van der Waals surface area contributed by atoms with Crippen molar-refractivity contribution in [3.05, 3.63) is 52.0 Å². The molecule has 5 nitrogen and oxygen atoms in total. The number of hydrogen-bond acceptors (Lipinski definition) is 4. The van der Waals surface area contributed by atoms with E-state index in [0.29, 0.717) is 19.6 Å². The van der Waals surface area contributed by atoms with Gasteiger partial charge in [-0.05, 0) is 37.6 Å². The number of likely N-dealkylation sites (tertiary alicyclic amines) is 1. The normalized spacial score (nSPS) is 17.3. The molecule has 1 aliphatic rings. The summed E-state index contributed by atoms with van der Waals surface area (Å²) in [6, 6.07) is 9.83. The number of rotatable bonds is 6. The molecule has 3 rings (SSSR count). The molecule has 1 atom stereocenters. The predicted octanol–water partition coefficient (Wildman–Crippen LogP) is 2.16. The van der Waals surface area contributed by atoms with Crippen LogP contribution >= 0.6 is 11.3 Å². The molecule has 6 heteroatoms. The number of aryl methyl sites for hydroxylation is 1. The van der Waals surface area contributed by atoms with Crippen LogP contribution in [-0.2, 0) is 22.6 Å². The number of carbonyl (C=O) groups is 2. The molecule has 2 amide bonds. The Hall–Kier alpha value is -2.21. The van der Waals surface area contributed by atoms with Crippen molar-refractivity contribution in [1.82, 2.24) is 15.2 Å². The van der Waals surface area contributed by atoms with E-state index in [1.807, 2.05) is 18.2 Å². The zero-order chi connectivity index (χ0) is 16.9. The molecule has 0 spiro atoms. The van der Waals surface area contributed by atoms with Crippen LogP contribution in [0, 0.1) is 12.8 Å². The van der Waals surface area contributed by atoms with Crippen molar-refractivity contribution in [3.8, 4) is 0 Å². The van der Waals surface area contributed by atoms with Crippen molar-refractivity contribution in [2.24, 2.45) is 5.92 Å². The molecule has 0 aliphatic carbocycles. The van der Waals surface area contributed by atoms with Gasteiger partial charge in [0.05, 0.1) is 18.2 Å². The van der Waals surface area contributed by atoms with Gasteiger partial charge in [0.1, 0.15) is 0 Å². The van der Waals surface area contributed by atoms with E-state index in [1.165, 1.54) is 9.75 Å². The summed E-state index contributed by atoms with van der Waals surface area (Å²) >= 11 is 1.75. The second kappa shape index (κ2) is 7.57. The molecular formula is C18H21N3O2S. The van der Waals surface area contributed by atoms with Gasteiger partial charge in [-0.15, -0.1) is 11.3 Å². The van der Waals surface area contributed by atoms with E-state index < -0.39 is 0 Å². The number of pyridine rings is 1. The lowest BCUT2D eigenvalue weighted by Crippen LogP contribution is -2.34. The highest BCUT2D eigenvalue weighted by molar-refractivity contribution is 7.11. The number of nitrogens with one attached hydrogen (secondary N) is 1. The molecule has 2 aromatic rings. The van der Waals surface area contributed by atoms with Crippen molar-refractivity contribution in [1.29, 1.82) is 0 Å². The first-order chi connectivity index (χ1) is 11.6. The van der Waals surface area contributed by atoms with Crippen molar-refractivity contribution in [2.75, 3.05) is 13.1 Å². The molecule has 1 N–H and O–H groups in total. The van der Waals surface area contributed by atoms with Crippen LogP contribution in [-0.4, -0.2) is 34.8 Å². The zero-order valence-corrected chi connectivity index (χ0v) is 14.5. The Labute approximate surface area is 145 Å². The summed E-state index contributed by atoms with van der Waals surface area (Å²) in [4.78, 5) is 32.9. The highest BCUT2D eigenvalue weighted by atomic mass is 32.1. The van der Waals surface area contributed by atoms with Crippen molar-refractivity contribution < 1.29 is 9.59 Å². The number of aromatic nitrogens is 1. The summed E-state index contributed by atoms with van der Waals surface area (Å²) in [6.07, 6.45) is 2.84. The second-order valence-corrected chi connectivity index (χ2v) is 7.42. The van der Waals surface area contributed by atoms with Crippen LogP contribution in [0.3, 0.4) is 0 Å². The van der Waals surface area contributed by atoms with Crippen molar-refractivity contribution in [2.45, 2.75) is 26.3 Å². The van der Waals surface area contributed by atoms with Gasteiger partial charge >= 0.3 is 0 Å². The molecule has 1 unspecified atom stereocenters. The molecule has 1 fully saturated rings. The average Bonchev–Trinajstić information content (AvgIpc) is 3.15. The fourth-order valence-electron chi connectivity index (χ4n) is 2.86. The van der Waals surface area contributed by atoms with E-state index in [1.54, 1.807) is 22.4 Å². The summed E-state index contributed by atoms with van der Waals surface area (Å²) in [7, 11) is 0. The Balaban J connectivity index is 1.47. The molecular weight excluding hydrogens is 322 g/mol. The highest BCUT2D eigenvalue weighted by Gasteiger charge is 2.34. The smallest absolute Gasteiger partial charge is 0.225 e. The first-order valence-electron chi connectivity index (χ1n) is 8.12. The van der Waals surface area contributed by atoms with Gasteiger partial charge in [0, 0.05) is 35.5 Å². The Morgan fingerprint density at radius 2 is 2.25 bits per heavy atom. The fraction of sp³-hybridized carbons (Fsp3) is 0.389. The Morgan fingerprint density at radius 1 is 1.38 bits per heavy atom. The summed E-state index contributed by atoms with van der Waals surface area (Å²) in [6.45, 7) is 3.63. The number of thiophene rings is 1. The third kappa shape index (κ3) is 4.20. The average molecular weight is 343 g/mol. The number of amides is 2. The highest BCUT2D eigenvalue weighted by Crippen LogP contribution is 2.20. The third-order valence-electron chi connectivity index (χ3n) is 4.13. The molecule has 1 aliphatic heterocycles. The molecule has 0 aromatic carbocycles. The van der Waals surface area contributed by atoms with Gasteiger partial charge < -0.3 is 10.2 Å². The summed E-state index contributed by atoms with van der Waals surface area (Å²) in [5.41, 5.74) is 0.847. The minimum atomic E-state index is -0.258. The molecule has 3 heterocycles. The maximum atomic E-state index is 12.3. The summed E-state index contributed by atoms with van der Waals surface area (Å²) in [5.74, 6) is -0.263. The lowest BCUT2D eigenvalue weighted by atomic mass is 10.1. The molecule has 24 heavy (non-hydrogen) atoms. The van der Waals surface area contributed by atoms with E-state index in [0.717, 1.165) is 12.1 Å². The van der Waals surface area contributed by atoms with Crippen LogP contribution in [0.25, 0.3) is 0 Å². The van der Waals surface area contributed by atoms with Crippen LogP contribution in [0.5, 0.6) is 0 Å². The quantitative estimate of drug-likeness (QED) is 0.874. The third-order valence-corrected chi connectivity index (χ3v) is 5.19. The molecule has 0 saturated carbocycles. The topological polar surface area (TPSA) is 62.3 Å². The number of carbonyl (C=O) groups excluding carboxylic acids is 2. The van der Waals surface area contributed by atoms with Gasteiger partial charge in [0.25, 0.3) is 0 Å². The molecule has 126 valence electrons. The molecule has 2 aromatic heterocycles. The molecule has 0 bridgehead atoms. The number of nitrogens with zero attached hydrogens (tertiary/aromatic N) is 2. The SMILES string of the molecule is Cc1ccc(CCNC(=O)C2CC(=O)N(Cc3ccccn3)C2)s1. The minimum absolute atomic E-state index is 0.0229. The van der Waals surface area contributed by atoms with Gasteiger partial charge in [-0.1, -0.05) is 6.07 Å². The van der Waals surface area contributed by atoms with Crippen LogP contribution in [0.1, 0.15) is 21.9 Å². The van der Waals surface area contributed by atoms with Crippen molar-refractivity contribution in [3.63, 3.8) is 0 Å². The molecule has 1 saturated heterocycles. The monoisotopic (exact) mass is 343 g/mol. The van der Waals surface area contributed by atoms with Crippen molar-refractivity contribution >= 4 is 23.2 Å². The Kier molecular flexibility index (Phi) is 5.25. The summed E-state index contributed by atoms with van der Waals surface area (Å²) in [5, 5.41) is 2.96. The first kappa shape index (κ1) is 16.6. The van der Waals surface area contributed by atoms with E-state index in [2.05, 4.69) is 29.4 Å². The number of hydrogen-bond donors (Lipinski definition) is 1. The van der Waals surface area contributed by atoms with Crippen LogP contribution in [0.2, 0.25) is 0 Å². The molecule has 0 radical (unpaired) electrons. The largest absolute Gasteiger partial charge is 0.355 e. The summed E-state index contributed by atoms with van der Waals surface area (Å²) < 4.78 is 0. The van der Waals surface area contributed by atoms with E-state index in [4.69, 9.17) is 0 Å². The lowest BCUT2D eigenvalue weighted by molar-refractivity contribution is -0.129. The van der Waals surface area contributed by atoms with Gasteiger partial charge in [-0.2, -0.15) is 0 Å². The van der Waals surface area contributed by atoms with Gasteiger partial charge in [-0.3, -0.25) is 14.6 Å². The zero-order valence-electron chi connectivity index (χ0n) is 13.7. The van der Waals surface area contributed by atoms with E-state index in [9.17, 15) is 9.59 Å². The van der Waals surface area contributed by atoms with Gasteiger partial charge in [-0.25, -0.2) is 0 Å². The minimum Gasteiger partial charge on any atom is -0.355 e. The van der Waals surface area contributed by atoms with Gasteiger partial charge in [0.2, 0.25) is 11.8 Å². The predicted molar refractivity (Wildman–Crippen MR) is 93.5 cm³/mol. The van der Waals surface area contributed by atoms with E-state index in [-0.39, 0.29) is 24.2 Å². The first-order valence-corrected chi connectivity index (χ1v) is 8.94. The van der Waals surface area contributed by atoms with Crippen LogP contribution in [0.4, 0.5) is 0 Å². The fourth-order valence-corrected chi connectivity index (χ4v) is 3.75. The van der Waals surface area contributed by atoms with Crippen LogP contribution in [0.15, 0.2) is 36.5 Å². The maximum absolute atomic E-state index is 12.3. The second-order valence-electron chi connectivity index (χ2n) is 6.05. The van der Waals surface area contributed by atoms with Crippen LogP contribution < -0.4 is 5.32 Å². The maximum Gasteiger partial charge on any atom is 0.225 e. The Morgan fingerprint density at radius 3 is 2.96 bits per heavy atom. The Bertz CT molecular complexity index is 714.